The minimum Gasteiger partial charge on any atom is -0.454 e. The largest absolute Gasteiger partial charge is 0.454 e. The Balaban J connectivity index is 2.10. The summed E-state index contributed by atoms with van der Waals surface area (Å²) in [6, 6.07) is 5.05. The summed E-state index contributed by atoms with van der Waals surface area (Å²) in [5.74, 6) is 0.0514. The van der Waals surface area contributed by atoms with E-state index in [1.54, 1.807) is 36.9 Å². The van der Waals surface area contributed by atoms with Gasteiger partial charge in [0.05, 0.1) is 16.8 Å². The Hall–Kier alpha value is -1.72. The number of rotatable bonds is 4. The molecule has 1 aromatic carbocycles. The number of hydrogen-bond acceptors (Lipinski definition) is 4. The van der Waals surface area contributed by atoms with Gasteiger partial charge in [0.15, 0.2) is 0 Å². The maximum absolute atomic E-state index is 12.0. The molecule has 0 saturated heterocycles. The van der Waals surface area contributed by atoms with Crippen LogP contribution in [0, 0.1) is 0 Å². The van der Waals surface area contributed by atoms with Crippen molar-refractivity contribution in [1.29, 1.82) is 0 Å². The molecule has 2 rings (SSSR count). The normalized spacial score (nSPS) is 10.4. The highest BCUT2D eigenvalue weighted by molar-refractivity contribution is 6.33. The van der Waals surface area contributed by atoms with Crippen LogP contribution < -0.4 is 5.32 Å². The minimum absolute atomic E-state index is 0.0299. The van der Waals surface area contributed by atoms with Crippen LogP contribution >= 0.6 is 23.2 Å². The van der Waals surface area contributed by atoms with E-state index in [4.69, 9.17) is 27.9 Å². The van der Waals surface area contributed by atoms with Gasteiger partial charge in [0, 0.05) is 19.8 Å². The molecule has 5 nitrogen and oxygen atoms in total. The van der Waals surface area contributed by atoms with Gasteiger partial charge in [-0.2, -0.15) is 0 Å². The fraction of sp³-hybridized carbons (Fsp3) is 0.231. The van der Waals surface area contributed by atoms with Crippen molar-refractivity contribution in [2.45, 2.75) is 6.61 Å². The summed E-state index contributed by atoms with van der Waals surface area (Å²) < 4.78 is 6.83. The van der Waals surface area contributed by atoms with Crippen LogP contribution in [0.2, 0.25) is 10.2 Å². The number of hydrogen-bond donors (Lipinski definition) is 1. The zero-order valence-corrected chi connectivity index (χ0v) is 12.5. The number of ether oxygens (including phenoxy) is 1. The van der Waals surface area contributed by atoms with Gasteiger partial charge in [-0.3, -0.25) is 0 Å². The third-order valence-corrected chi connectivity index (χ3v) is 3.52. The molecule has 20 heavy (non-hydrogen) atoms. The van der Waals surface area contributed by atoms with E-state index >= 15 is 0 Å². The van der Waals surface area contributed by atoms with E-state index in [1.165, 1.54) is 6.20 Å². The molecule has 0 unspecified atom stereocenters. The van der Waals surface area contributed by atoms with E-state index in [1.807, 2.05) is 0 Å². The van der Waals surface area contributed by atoms with Crippen molar-refractivity contribution in [2.24, 2.45) is 7.05 Å². The Labute approximate surface area is 126 Å². The Bertz CT molecular complexity index is 641. The number of benzene rings is 1. The smallest absolute Gasteiger partial charge is 0.340 e. The molecule has 0 saturated carbocycles. The standard InChI is InChI=1S/C13H13Cl2N3O2/c1-16-8-3-4-10(14)9(5-8)13(19)20-7-12-17-6-11(15)18(12)2/h3-6,16H,7H2,1-2H3. The predicted octanol–water partition coefficient (Wildman–Crippen LogP) is 3.13. The predicted molar refractivity (Wildman–Crippen MR) is 78.3 cm³/mol. The van der Waals surface area contributed by atoms with Crippen molar-refractivity contribution in [3.8, 4) is 0 Å². The topological polar surface area (TPSA) is 56.1 Å². The zero-order chi connectivity index (χ0) is 14.7. The van der Waals surface area contributed by atoms with Crippen molar-refractivity contribution in [2.75, 3.05) is 12.4 Å². The van der Waals surface area contributed by atoms with E-state index in [0.717, 1.165) is 5.69 Å². The van der Waals surface area contributed by atoms with Gasteiger partial charge in [-0.25, -0.2) is 9.78 Å². The third-order valence-electron chi connectivity index (χ3n) is 2.84. The molecule has 1 heterocycles. The van der Waals surface area contributed by atoms with Crippen molar-refractivity contribution < 1.29 is 9.53 Å². The molecular formula is C13H13Cl2N3O2. The number of anilines is 1. The molecule has 0 radical (unpaired) electrons. The van der Waals surface area contributed by atoms with Crippen molar-refractivity contribution in [3.05, 3.63) is 46.0 Å². The molecule has 0 atom stereocenters. The SMILES string of the molecule is CNc1ccc(Cl)c(C(=O)OCc2ncc(Cl)n2C)c1. The summed E-state index contributed by atoms with van der Waals surface area (Å²) >= 11 is 11.9. The maximum atomic E-state index is 12.0. The van der Waals surface area contributed by atoms with Crippen molar-refractivity contribution in [1.82, 2.24) is 9.55 Å². The summed E-state index contributed by atoms with van der Waals surface area (Å²) in [5.41, 5.74) is 1.08. The highest BCUT2D eigenvalue weighted by atomic mass is 35.5. The number of carbonyl (C=O) groups excluding carboxylic acids is 1. The first kappa shape index (κ1) is 14.7. The second-order valence-corrected chi connectivity index (χ2v) is 4.87. The van der Waals surface area contributed by atoms with Crippen LogP contribution in [0.25, 0.3) is 0 Å². The number of aromatic nitrogens is 2. The van der Waals surface area contributed by atoms with E-state index in [9.17, 15) is 4.79 Å². The summed E-state index contributed by atoms with van der Waals surface area (Å²) in [4.78, 5) is 16.1. The zero-order valence-electron chi connectivity index (χ0n) is 11.0. The second-order valence-electron chi connectivity index (χ2n) is 4.08. The van der Waals surface area contributed by atoms with Crippen LogP contribution in [-0.2, 0) is 18.4 Å². The molecule has 1 N–H and O–H groups in total. The quantitative estimate of drug-likeness (QED) is 0.881. The van der Waals surface area contributed by atoms with Gasteiger partial charge in [-0.15, -0.1) is 0 Å². The van der Waals surface area contributed by atoms with Gasteiger partial charge >= 0.3 is 5.97 Å². The average Bonchev–Trinajstić information content (AvgIpc) is 2.77. The minimum atomic E-state index is -0.508. The van der Waals surface area contributed by atoms with E-state index in [0.29, 0.717) is 21.6 Å². The van der Waals surface area contributed by atoms with Crippen molar-refractivity contribution >= 4 is 34.9 Å². The number of nitrogens with zero attached hydrogens (tertiary/aromatic N) is 2. The molecule has 0 aliphatic heterocycles. The maximum Gasteiger partial charge on any atom is 0.340 e. The molecule has 1 aromatic heterocycles. The van der Waals surface area contributed by atoms with Crippen LogP contribution in [-0.4, -0.2) is 22.6 Å². The molecule has 106 valence electrons. The van der Waals surface area contributed by atoms with Gasteiger partial charge in [0.2, 0.25) is 0 Å². The Morgan fingerprint density at radius 2 is 2.20 bits per heavy atom. The molecule has 7 heteroatoms. The van der Waals surface area contributed by atoms with Crippen LogP contribution in [0.15, 0.2) is 24.4 Å². The van der Waals surface area contributed by atoms with E-state index < -0.39 is 5.97 Å². The number of esters is 1. The summed E-state index contributed by atoms with van der Waals surface area (Å²) in [6.45, 7) is 0.0299. The van der Waals surface area contributed by atoms with E-state index in [2.05, 4.69) is 10.3 Å². The lowest BCUT2D eigenvalue weighted by Crippen LogP contribution is -2.09. The summed E-state index contributed by atoms with van der Waals surface area (Å²) in [5, 5.41) is 3.75. The average molecular weight is 314 g/mol. The van der Waals surface area contributed by atoms with Crippen LogP contribution in [0.4, 0.5) is 5.69 Å². The summed E-state index contributed by atoms with van der Waals surface area (Å²) in [7, 11) is 3.50. The Kier molecular flexibility index (Phi) is 4.52. The Morgan fingerprint density at radius 3 is 2.80 bits per heavy atom. The number of nitrogens with one attached hydrogen (secondary N) is 1. The lowest BCUT2D eigenvalue weighted by molar-refractivity contribution is 0.0459. The second kappa shape index (κ2) is 6.15. The van der Waals surface area contributed by atoms with Crippen LogP contribution in [0.5, 0.6) is 0 Å². The molecule has 0 fully saturated rings. The summed E-state index contributed by atoms with van der Waals surface area (Å²) in [6.07, 6.45) is 1.50. The molecule has 0 bridgehead atoms. The highest BCUT2D eigenvalue weighted by Crippen LogP contribution is 2.21. The highest BCUT2D eigenvalue weighted by Gasteiger charge is 2.14. The number of halogens is 2. The lowest BCUT2D eigenvalue weighted by atomic mass is 10.2. The van der Waals surface area contributed by atoms with Gasteiger partial charge < -0.3 is 14.6 Å². The fourth-order valence-electron chi connectivity index (χ4n) is 1.60. The molecule has 0 spiro atoms. The molecular weight excluding hydrogens is 301 g/mol. The first-order valence-electron chi connectivity index (χ1n) is 5.83. The number of imidazole rings is 1. The lowest BCUT2D eigenvalue weighted by Gasteiger charge is -2.08. The molecule has 0 aliphatic carbocycles. The Morgan fingerprint density at radius 1 is 1.45 bits per heavy atom. The van der Waals surface area contributed by atoms with Crippen LogP contribution in [0.1, 0.15) is 16.2 Å². The fourth-order valence-corrected chi connectivity index (χ4v) is 1.94. The van der Waals surface area contributed by atoms with Gasteiger partial charge in [0.1, 0.15) is 17.6 Å². The first-order chi connectivity index (χ1) is 9.52. The number of carbonyl (C=O) groups is 1. The molecule has 0 amide bonds. The van der Waals surface area contributed by atoms with Gasteiger partial charge in [-0.1, -0.05) is 23.2 Å². The first-order valence-corrected chi connectivity index (χ1v) is 6.59. The molecule has 2 aromatic rings. The van der Waals surface area contributed by atoms with Crippen LogP contribution in [0.3, 0.4) is 0 Å². The van der Waals surface area contributed by atoms with Gasteiger partial charge in [0.25, 0.3) is 0 Å². The van der Waals surface area contributed by atoms with Gasteiger partial charge in [-0.05, 0) is 18.2 Å². The monoisotopic (exact) mass is 313 g/mol. The molecule has 0 aliphatic rings. The van der Waals surface area contributed by atoms with E-state index in [-0.39, 0.29) is 6.61 Å². The van der Waals surface area contributed by atoms with Crippen molar-refractivity contribution in [3.63, 3.8) is 0 Å². The third kappa shape index (κ3) is 3.05.